The van der Waals surface area contributed by atoms with Crippen molar-refractivity contribution in [1.82, 2.24) is 20.6 Å². The van der Waals surface area contributed by atoms with Crippen molar-refractivity contribution in [2.24, 2.45) is 5.92 Å². The van der Waals surface area contributed by atoms with Crippen LogP contribution in [0.25, 0.3) is 11.0 Å². The second kappa shape index (κ2) is 6.11. The number of phenols is 1. The minimum absolute atomic E-state index is 0.187. The molecule has 23 heavy (non-hydrogen) atoms. The molecule has 0 amide bonds. The van der Waals surface area contributed by atoms with E-state index in [0.717, 1.165) is 43.9 Å². The average Bonchev–Trinajstić information content (AvgIpc) is 3.33. The molecule has 5 N–H and O–H groups in total. The Kier molecular flexibility index (Phi) is 3.97. The minimum atomic E-state index is -0.768. The fraction of sp³-hybridized carbons (Fsp3) is 0.588. The summed E-state index contributed by atoms with van der Waals surface area (Å²) in [6.45, 7) is 2.87. The quantitative estimate of drug-likeness (QED) is 0.542. The Hall–Kier alpha value is -1.63. The predicted molar refractivity (Wildman–Crippen MR) is 88.3 cm³/mol. The molecular weight excluding hydrogens is 292 g/mol. The number of aromatic hydroxyl groups is 1. The number of piperidine rings is 1. The summed E-state index contributed by atoms with van der Waals surface area (Å²) in [5.41, 5.74) is 2.03. The molecule has 2 atom stereocenters. The number of nitrogens with zero attached hydrogens (tertiary/aromatic N) is 1. The molecule has 6 heteroatoms. The predicted octanol–water partition coefficient (Wildman–Crippen LogP) is 1.73. The molecule has 2 unspecified atom stereocenters. The zero-order valence-electron chi connectivity index (χ0n) is 13.2. The largest absolute Gasteiger partial charge is 0.506 e. The van der Waals surface area contributed by atoms with Crippen molar-refractivity contribution in [1.29, 1.82) is 0 Å². The van der Waals surface area contributed by atoms with Crippen molar-refractivity contribution in [3.63, 3.8) is 0 Å². The zero-order valence-corrected chi connectivity index (χ0v) is 13.2. The van der Waals surface area contributed by atoms with E-state index in [2.05, 4.69) is 20.6 Å². The summed E-state index contributed by atoms with van der Waals surface area (Å²) in [6.07, 6.45) is 3.90. The van der Waals surface area contributed by atoms with E-state index < -0.39 is 6.23 Å². The summed E-state index contributed by atoms with van der Waals surface area (Å²) in [4.78, 5) is 7.84. The van der Waals surface area contributed by atoms with Crippen LogP contribution in [0.5, 0.6) is 5.75 Å². The van der Waals surface area contributed by atoms with Crippen LogP contribution in [0.15, 0.2) is 12.1 Å². The highest BCUT2D eigenvalue weighted by molar-refractivity contribution is 5.85. The molecule has 1 saturated heterocycles. The lowest BCUT2D eigenvalue weighted by Gasteiger charge is -2.24. The number of H-pyrrole nitrogens is 1. The minimum Gasteiger partial charge on any atom is -0.506 e. The van der Waals surface area contributed by atoms with Gasteiger partial charge in [0.1, 0.15) is 23.3 Å². The molecule has 4 rings (SSSR count). The monoisotopic (exact) mass is 316 g/mol. The molecule has 1 aliphatic heterocycles. The van der Waals surface area contributed by atoms with E-state index >= 15 is 0 Å². The van der Waals surface area contributed by atoms with Crippen LogP contribution < -0.4 is 10.6 Å². The molecule has 1 aromatic carbocycles. The van der Waals surface area contributed by atoms with Crippen LogP contribution in [-0.2, 0) is 0 Å². The third kappa shape index (κ3) is 3.06. The van der Waals surface area contributed by atoms with Crippen molar-refractivity contribution in [2.75, 3.05) is 19.6 Å². The number of phenolic OH excluding ortho intramolecular Hbond substituents is 1. The molecule has 1 saturated carbocycles. The summed E-state index contributed by atoms with van der Waals surface area (Å²) in [5, 5.41) is 27.2. The Labute approximate surface area is 135 Å². The lowest BCUT2D eigenvalue weighted by molar-refractivity contribution is 0.131. The average molecular weight is 316 g/mol. The molecule has 124 valence electrons. The van der Waals surface area contributed by atoms with E-state index in [0.29, 0.717) is 22.9 Å². The van der Waals surface area contributed by atoms with Crippen molar-refractivity contribution < 1.29 is 10.2 Å². The summed E-state index contributed by atoms with van der Waals surface area (Å²) < 4.78 is 0. The summed E-state index contributed by atoms with van der Waals surface area (Å²) >= 11 is 0. The van der Waals surface area contributed by atoms with Gasteiger partial charge in [0.2, 0.25) is 0 Å². The lowest BCUT2D eigenvalue weighted by atomic mass is 9.99. The number of hydrogen-bond donors (Lipinski definition) is 5. The number of aliphatic hydroxyl groups excluding tert-OH is 1. The molecule has 0 bridgehead atoms. The van der Waals surface area contributed by atoms with Gasteiger partial charge in [0, 0.05) is 18.0 Å². The van der Waals surface area contributed by atoms with E-state index in [9.17, 15) is 10.2 Å². The van der Waals surface area contributed by atoms with Gasteiger partial charge >= 0.3 is 0 Å². The zero-order chi connectivity index (χ0) is 15.8. The van der Waals surface area contributed by atoms with Crippen LogP contribution >= 0.6 is 0 Å². The molecular formula is C17H24N4O2. The fourth-order valence-electron chi connectivity index (χ4n) is 3.37. The van der Waals surface area contributed by atoms with E-state index in [1.165, 1.54) is 12.8 Å². The molecule has 1 aromatic heterocycles. The number of hydrogen-bond acceptors (Lipinski definition) is 5. The van der Waals surface area contributed by atoms with E-state index in [4.69, 9.17) is 0 Å². The molecule has 1 aliphatic carbocycles. The normalized spacial score (nSPS) is 23.3. The maximum atomic E-state index is 10.5. The highest BCUT2D eigenvalue weighted by Gasteiger charge is 2.28. The lowest BCUT2D eigenvalue weighted by Crippen LogP contribution is -2.37. The van der Waals surface area contributed by atoms with Crippen molar-refractivity contribution in [3.05, 3.63) is 23.5 Å². The van der Waals surface area contributed by atoms with Crippen LogP contribution in [0.4, 0.5) is 0 Å². The molecule has 2 fully saturated rings. The van der Waals surface area contributed by atoms with Crippen LogP contribution in [0, 0.1) is 5.92 Å². The molecule has 2 heterocycles. The van der Waals surface area contributed by atoms with Gasteiger partial charge in [-0.25, -0.2) is 4.98 Å². The SMILES string of the molecule is Oc1ccc(C(O)NCC2CCCNC2)c2nc(C3CC3)[nH]c12. The fourth-order valence-corrected chi connectivity index (χ4v) is 3.37. The summed E-state index contributed by atoms with van der Waals surface area (Å²) in [5.74, 6) is 2.14. The first kappa shape index (κ1) is 14.9. The van der Waals surface area contributed by atoms with Gasteiger partial charge in [0.25, 0.3) is 0 Å². The Morgan fingerprint density at radius 3 is 2.91 bits per heavy atom. The highest BCUT2D eigenvalue weighted by atomic mass is 16.3. The van der Waals surface area contributed by atoms with E-state index in [1.807, 2.05) is 0 Å². The van der Waals surface area contributed by atoms with Gasteiger partial charge in [-0.3, -0.25) is 5.32 Å². The van der Waals surface area contributed by atoms with Crippen LogP contribution in [-0.4, -0.2) is 39.8 Å². The van der Waals surface area contributed by atoms with Gasteiger partial charge in [-0.15, -0.1) is 0 Å². The first-order valence-corrected chi connectivity index (χ1v) is 8.56. The van der Waals surface area contributed by atoms with Gasteiger partial charge < -0.3 is 20.5 Å². The molecule has 0 spiro atoms. The van der Waals surface area contributed by atoms with Crippen LogP contribution in [0.2, 0.25) is 0 Å². The number of benzene rings is 1. The van der Waals surface area contributed by atoms with Crippen molar-refractivity contribution in [2.45, 2.75) is 37.8 Å². The van der Waals surface area contributed by atoms with Gasteiger partial charge in [0.15, 0.2) is 0 Å². The summed E-state index contributed by atoms with van der Waals surface area (Å²) in [7, 11) is 0. The first-order valence-electron chi connectivity index (χ1n) is 8.56. The standard InChI is InChI=1S/C17H24N4O2/c22-13-6-5-12(14-15(13)21-16(20-14)11-3-4-11)17(23)19-9-10-2-1-7-18-8-10/h5-6,10-11,17-19,22-23H,1-4,7-9H2,(H,20,21). The second-order valence-electron chi connectivity index (χ2n) is 6.82. The van der Waals surface area contributed by atoms with Gasteiger partial charge in [-0.2, -0.15) is 0 Å². The maximum Gasteiger partial charge on any atom is 0.141 e. The molecule has 0 radical (unpaired) electrons. The Morgan fingerprint density at radius 1 is 1.30 bits per heavy atom. The second-order valence-corrected chi connectivity index (χ2v) is 6.82. The Morgan fingerprint density at radius 2 is 2.17 bits per heavy atom. The van der Waals surface area contributed by atoms with Crippen molar-refractivity contribution in [3.8, 4) is 5.75 Å². The Balaban J connectivity index is 1.53. The van der Waals surface area contributed by atoms with Gasteiger partial charge in [0.05, 0.1) is 5.52 Å². The number of imidazole rings is 1. The van der Waals surface area contributed by atoms with Gasteiger partial charge in [-0.1, -0.05) is 0 Å². The highest BCUT2D eigenvalue weighted by Crippen LogP contribution is 2.40. The smallest absolute Gasteiger partial charge is 0.141 e. The van der Waals surface area contributed by atoms with E-state index in [1.54, 1.807) is 12.1 Å². The van der Waals surface area contributed by atoms with Crippen LogP contribution in [0.1, 0.15) is 49.2 Å². The number of fused-ring (bicyclic) bond motifs is 1. The van der Waals surface area contributed by atoms with Crippen molar-refractivity contribution >= 4 is 11.0 Å². The Bertz CT molecular complexity index is 689. The molecule has 2 aliphatic rings. The maximum absolute atomic E-state index is 10.5. The van der Waals surface area contributed by atoms with Gasteiger partial charge in [-0.05, 0) is 56.8 Å². The van der Waals surface area contributed by atoms with Crippen LogP contribution in [0.3, 0.4) is 0 Å². The summed E-state index contributed by atoms with van der Waals surface area (Å²) in [6, 6.07) is 3.38. The van der Waals surface area contributed by atoms with E-state index in [-0.39, 0.29) is 5.75 Å². The number of aromatic amines is 1. The number of aromatic nitrogens is 2. The number of nitrogens with one attached hydrogen (secondary N) is 3. The third-order valence-electron chi connectivity index (χ3n) is 4.93. The first-order chi connectivity index (χ1) is 11.2. The topological polar surface area (TPSA) is 93.2 Å². The third-order valence-corrected chi connectivity index (χ3v) is 4.93. The number of rotatable bonds is 5. The molecule has 2 aromatic rings. The molecule has 6 nitrogen and oxygen atoms in total. The number of aliphatic hydroxyl groups is 1.